The number of rotatable bonds is 4. The topological polar surface area (TPSA) is 91.9 Å². The van der Waals surface area contributed by atoms with Crippen LogP contribution in [0.15, 0.2) is 58.4 Å². The first-order valence-corrected chi connectivity index (χ1v) is 9.23. The van der Waals surface area contributed by atoms with Crippen LogP contribution in [0, 0.1) is 0 Å². The molecular formula is C18H17N3O3S. The van der Waals surface area contributed by atoms with Gasteiger partial charge in [0.05, 0.1) is 17.6 Å². The summed E-state index contributed by atoms with van der Waals surface area (Å²) in [5, 5.41) is 10.1. The Morgan fingerprint density at radius 3 is 2.60 bits per heavy atom. The van der Waals surface area contributed by atoms with Gasteiger partial charge in [0, 0.05) is 32.9 Å². The van der Waals surface area contributed by atoms with Crippen molar-refractivity contribution >= 4 is 27.5 Å². The standard InChI is InChI=1S/C18H17N3O3S/c1-11(12-3-6-15(7-4-12)25(2)24)20-17(22)13-5-8-16-14(9-13)10-19-21-18(16)23/h3-11H,1-2H3,(H,20,22)(H,21,23). The van der Waals surface area contributed by atoms with E-state index < -0.39 is 10.8 Å². The van der Waals surface area contributed by atoms with Gasteiger partial charge in [0.25, 0.3) is 11.5 Å². The number of hydrogen-bond donors (Lipinski definition) is 2. The van der Waals surface area contributed by atoms with Gasteiger partial charge >= 0.3 is 0 Å². The van der Waals surface area contributed by atoms with E-state index in [1.807, 2.05) is 19.1 Å². The number of nitrogens with zero attached hydrogens (tertiary/aromatic N) is 1. The summed E-state index contributed by atoms with van der Waals surface area (Å²) in [6.07, 6.45) is 3.14. The molecule has 3 rings (SSSR count). The molecule has 0 aliphatic carbocycles. The van der Waals surface area contributed by atoms with Crippen LogP contribution in [-0.4, -0.2) is 26.6 Å². The van der Waals surface area contributed by atoms with Crippen molar-refractivity contribution in [2.24, 2.45) is 0 Å². The number of carbonyl (C=O) groups excluding carboxylic acids is 1. The molecule has 6 nitrogen and oxygen atoms in total. The minimum atomic E-state index is -1.03. The van der Waals surface area contributed by atoms with Gasteiger partial charge in [0.15, 0.2) is 0 Å². The van der Waals surface area contributed by atoms with Crippen LogP contribution in [0.2, 0.25) is 0 Å². The Morgan fingerprint density at radius 2 is 1.92 bits per heavy atom. The van der Waals surface area contributed by atoms with E-state index in [1.54, 1.807) is 36.6 Å². The van der Waals surface area contributed by atoms with Crippen LogP contribution < -0.4 is 10.9 Å². The summed E-state index contributed by atoms with van der Waals surface area (Å²) in [7, 11) is -1.03. The van der Waals surface area contributed by atoms with E-state index in [0.717, 1.165) is 10.5 Å². The van der Waals surface area contributed by atoms with E-state index in [9.17, 15) is 13.8 Å². The highest BCUT2D eigenvalue weighted by atomic mass is 32.2. The highest BCUT2D eigenvalue weighted by Gasteiger charge is 2.13. The summed E-state index contributed by atoms with van der Waals surface area (Å²) >= 11 is 0. The fraction of sp³-hybridized carbons (Fsp3) is 0.167. The molecule has 0 saturated heterocycles. The van der Waals surface area contributed by atoms with Crippen LogP contribution in [0.5, 0.6) is 0 Å². The molecule has 2 unspecified atom stereocenters. The van der Waals surface area contributed by atoms with Crippen molar-refractivity contribution in [2.75, 3.05) is 6.26 Å². The van der Waals surface area contributed by atoms with E-state index in [-0.39, 0.29) is 17.5 Å². The van der Waals surface area contributed by atoms with Crippen molar-refractivity contribution in [3.05, 3.63) is 70.1 Å². The average Bonchev–Trinajstić information content (AvgIpc) is 2.61. The molecule has 0 aliphatic heterocycles. The second kappa shape index (κ2) is 6.98. The van der Waals surface area contributed by atoms with Gasteiger partial charge in [-0.3, -0.25) is 13.8 Å². The fourth-order valence-electron chi connectivity index (χ4n) is 2.55. The Bertz CT molecular complexity index is 1010. The van der Waals surface area contributed by atoms with E-state index >= 15 is 0 Å². The molecule has 0 bridgehead atoms. The van der Waals surface area contributed by atoms with Gasteiger partial charge in [-0.25, -0.2) is 5.10 Å². The number of nitrogens with one attached hydrogen (secondary N) is 2. The third-order valence-electron chi connectivity index (χ3n) is 3.99. The van der Waals surface area contributed by atoms with Crippen LogP contribution in [0.25, 0.3) is 10.8 Å². The van der Waals surface area contributed by atoms with Crippen molar-refractivity contribution in [1.82, 2.24) is 15.5 Å². The fourth-order valence-corrected chi connectivity index (χ4v) is 3.07. The quantitative estimate of drug-likeness (QED) is 0.750. The Labute approximate surface area is 146 Å². The van der Waals surface area contributed by atoms with E-state index in [1.165, 1.54) is 6.20 Å². The van der Waals surface area contributed by atoms with Crippen molar-refractivity contribution in [2.45, 2.75) is 17.9 Å². The zero-order chi connectivity index (χ0) is 18.0. The number of hydrogen-bond acceptors (Lipinski definition) is 4. The summed E-state index contributed by atoms with van der Waals surface area (Å²) in [4.78, 5) is 24.9. The normalized spacial score (nSPS) is 13.4. The lowest BCUT2D eigenvalue weighted by molar-refractivity contribution is 0.0940. The first-order chi connectivity index (χ1) is 12.0. The molecule has 25 heavy (non-hydrogen) atoms. The van der Waals surface area contributed by atoms with Gasteiger partial charge in [-0.2, -0.15) is 5.10 Å². The lowest BCUT2D eigenvalue weighted by Crippen LogP contribution is -2.26. The van der Waals surface area contributed by atoms with Crippen LogP contribution >= 0.6 is 0 Å². The van der Waals surface area contributed by atoms with Crippen molar-refractivity contribution in [3.63, 3.8) is 0 Å². The third-order valence-corrected chi connectivity index (χ3v) is 4.92. The first-order valence-electron chi connectivity index (χ1n) is 7.67. The van der Waals surface area contributed by atoms with Gasteiger partial charge in [-0.05, 0) is 42.8 Å². The monoisotopic (exact) mass is 355 g/mol. The lowest BCUT2D eigenvalue weighted by Gasteiger charge is -2.15. The van der Waals surface area contributed by atoms with Gasteiger partial charge < -0.3 is 5.32 Å². The predicted molar refractivity (Wildman–Crippen MR) is 97.0 cm³/mol. The Hall–Kier alpha value is -2.80. The Morgan fingerprint density at radius 1 is 1.20 bits per heavy atom. The zero-order valence-electron chi connectivity index (χ0n) is 13.8. The maximum absolute atomic E-state index is 12.5. The molecule has 0 aliphatic rings. The van der Waals surface area contributed by atoms with E-state index in [4.69, 9.17) is 0 Å². The third kappa shape index (κ3) is 3.66. The number of H-pyrrole nitrogens is 1. The number of amides is 1. The molecule has 1 heterocycles. The summed E-state index contributed by atoms with van der Waals surface area (Å²) in [5.74, 6) is -0.238. The minimum Gasteiger partial charge on any atom is -0.346 e. The largest absolute Gasteiger partial charge is 0.346 e. The van der Waals surface area contributed by atoms with Crippen molar-refractivity contribution in [1.29, 1.82) is 0 Å². The van der Waals surface area contributed by atoms with Crippen molar-refractivity contribution < 1.29 is 9.00 Å². The van der Waals surface area contributed by atoms with Gasteiger partial charge in [0.2, 0.25) is 0 Å². The second-order valence-corrected chi connectivity index (χ2v) is 7.10. The summed E-state index contributed by atoms with van der Waals surface area (Å²) in [6.45, 7) is 1.88. The highest BCUT2D eigenvalue weighted by molar-refractivity contribution is 7.84. The van der Waals surface area contributed by atoms with Gasteiger partial charge in [-0.15, -0.1) is 0 Å². The highest BCUT2D eigenvalue weighted by Crippen LogP contribution is 2.17. The zero-order valence-corrected chi connectivity index (χ0v) is 14.6. The summed E-state index contributed by atoms with van der Waals surface area (Å²) in [5.41, 5.74) is 1.09. The molecule has 2 N–H and O–H groups in total. The minimum absolute atomic E-state index is 0.208. The molecule has 128 valence electrons. The average molecular weight is 355 g/mol. The molecule has 1 amide bonds. The molecule has 0 fully saturated rings. The second-order valence-electron chi connectivity index (χ2n) is 5.72. The maximum atomic E-state index is 12.5. The van der Waals surface area contributed by atoms with Crippen LogP contribution in [0.1, 0.15) is 28.9 Å². The summed E-state index contributed by atoms with van der Waals surface area (Å²) in [6, 6.07) is 12.0. The maximum Gasteiger partial charge on any atom is 0.272 e. The van der Waals surface area contributed by atoms with Crippen LogP contribution in [0.3, 0.4) is 0 Å². The SMILES string of the molecule is CC(NC(=O)c1ccc2c(=O)[nH]ncc2c1)c1ccc(S(C)=O)cc1. The number of fused-ring (bicyclic) bond motifs is 1. The predicted octanol–water partition coefficient (Wildman–Crippen LogP) is 2.15. The molecule has 0 saturated carbocycles. The number of aromatic amines is 1. The Kier molecular flexibility index (Phi) is 4.76. The summed E-state index contributed by atoms with van der Waals surface area (Å²) < 4.78 is 11.4. The van der Waals surface area contributed by atoms with E-state index in [2.05, 4.69) is 15.5 Å². The van der Waals surface area contributed by atoms with Gasteiger partial charge in [0.1, 0.15) is 0 Å². The molecule has 0 spiro atoms. The number of aromatic nitrogens is 2. The molecular weight excluding hydrogens is 338 g/mol. The molecule has 0 radical (unpaired) electrons. The molecule has 1 aromatic heterocycles. The lowest BCUT2D eigenvalue weighted by atomic mass is 10.1. The Balaban J connectivity index is 1.79. The first kappa shape index (κ1) is 17.0. The smallest absolute Gasteiger partial charge is 0.272 e. The van der Waals surface area contributed by atoms with Crippen molar-refractivity contribution in [3.8, 4) is 0 Å². The van der Waals surface area contributed by atoms with Crippen LogP contribution in [-0.2, 0) is 10.8 Å². The van der Waals surface area contributed by atoms with Crippen LogP contribution in [0.4, 0.5) is 0 Å². The van der Waals surface area contributed by atoms with E-state index in [0.29, 0.717) is 16.3 Å². The molecule has 7 heteroatoms. The molecule has 2 atom stereocenters. The number of carbonyl (C=O) groups is 1. The number of benzene rings is 2. The van der Waals surface area contributed by atoms with Gasteiger partial charge in [-0.1, -0.05) is 12.1 Å². The molecule has 3 aromatic rings. The molecule has 2 aromatic carbocycles.